The Morgan fingerprint density at radius 1 is 0.897 bits per heavy atom. The molecule has 7 nitrogen and oxygen atoms in total. The lowest BCUT2D eigenvalue weighted by atomic mass is 10.1. The van der Waals surface area contributed by atoms with E-state index in [1.165, 1.54) is 19.3 Å². The van der Waals surface area contributed by atoms with Crippen LogP contribution in [0, 0.1) is 0 Å². The molecule has 0 saturated carbocycles. The molecule has 0 unspecified atom stereocenters. The van der Waals surface area contributed by atoms with E-state index in [4.69, 9.17) is 9.72 Å². The van der Waals surface area contributed by atoms with Crippen molar-refractivity contribution in [2.75, 3.05) is 55.7 Å². The summed E-state index contributed by atoms with van der Waals surface area (Å²) in [6, 6.07) is 11.9. The van der Waals surface area contributed by atoms with Crippen LogP contribution in [0.2, 0.25) is 0 Å². The largest absolute Gasteiger partial charge is 0.367 e. The standard InChI is InChI=1S/C22H29N5O2/c28-21(18-29-17-19-7-3-1-4-8-19)26-15-13-25(14-16-26)20-9-10-23-22(24-20)27-11-5-2-6-12-27/h1,3-4,7-10H,2,5-6,11-18H2. The Morgan fingerprint density at radius 3 is 2.41 bits per heavy atom. The smallest absolute Gasteiger partial charge is 0.248 e. The molecule has 0 radical (unpaired) electrons. The zero-order valence-corrected chi connectivity index (χ0v) is 16.9. The van der Waals surface area contributed by atoms with Crippen LogP contribution in [0.25, 0.3) is 0 Å². The predicted molar refractivity (Wildman–Crippen MR) is 113 cm³/mol. The van der Waals surface area contributed by atoms with Gasteiger partial charge in [-0.2, -0.15) is 4.98 Å². The molecule has 0 N–H and O–H groups in total. The number of rotatable bonds is 6. The van der Waals surface area contributed by atoms with E-state index in [1.54, 1.807) is 0 Å². The van der Waals surface area contributed by atoms with E-state index in [0.717, 1.165) is 43.5 Å². The number of anilines is 2. The summed E-state index contributed by atoms with van der Waals surface area (Å²) in [5.41, 5.74) is 1.08. The molecule has 2 aromatic rings. The van der Waals surface area contributed by atoms with Crippen molar-refractivity contribution in [2.45, 2.75) is 25.9 Å². The van der Waals surface area contributed by atoms with Crippen LogP contribution in [0.3, 0.4) is 0 Å². The second-order valence-corrected chi connectivity index (χ2v) is 7.61. The van der Waals surface area contributed by atoms with Crippen molar-refractivity contribution in [1.82, 2.24) is 14.9 Å². The first-order valence-corrected chi connectivity index (χ1v) is 10.5. The van der Waals surface area contributed by atoms with Crippen LogP contribution in [0.4, 0.5) is 11.8 Å². The van der Waals surface area contributed by atoms with Gasteiger partial charge < -0.3 is 19.4 Å². The van der Waals surface area contributed by atoms with Crippen LogP contribution in [-0.4, -0.2) is 66.7 Å². The lowest BCUT2D eigenvalue weighted by Crippen LogP contribution is -2.50. The van der Waals surface area contributed by atoms with Crippen molar-refractivity contribution < 1.29 is 9.53 Å². The predicted octanol–water partition coefficient (Wildman–Crippen LogP) is 2.33. The minimum absolute atomic E-state index is 0.0530. The first kappa shape index (κ1) is 19.6. The topological polar surface area (TPSA) is 61.8 Å². The third-order valence-corrected chi connectivity index (χ3v) is 5.56. The van der Waals surface area contributed by atoms with Crippen molar-refractivity contribution in [3.63, 3.8) is 0 Å². The van der Waals surface area contributed by atoms with E-state index < -0.39 is 0 Å². The number of aromatic nitrogens is 2. The molecule has 1 amide bonds. The van der Waals surface area contributed by atoms with E-state index >= 15 is 0 Å². The number of carbonyl (C=O) groups excluding carboxylic acids is 1. The van der Waals surface area contributed by atoms with Crippen molar-refractivity contribution in [2.24, 2.45) is 0 Å². The molecule has 2 aliphatic rings. The summed E-state index contributed by atoms with van der Waals surface area (Å²) in [6.07, 6.45) is 5.56. The average Bonchev–Trinajstić information content (AvgIpc) is 2.80. The molecule has 0 atom stereocenters. The van der Waals surface area contributed by atoms with Crippen molar-refractivity contribution >= 4 is 17.7 Å². The third-order valence-electron chi connectivity index (χ3n) is 5.56. The van der Waals surface area contributed by atoms with Crippen LogP contribution in [0.15, 0.2) is 42.6 Å². The summed E-state index contributed by atoms with van der Waals surface area (Å²) in [5.74, 6) is 1.83. The summed E-state index contributed by atoms with van der Waals surface area (Å²) in [4.78, 5) is 28.1. The van der Waals surface area contributed by atoms with E-state index in [-0.39, 0.29) is 12.5 Å². The summed E-state index contributed by atoms with van der Waals surface area (Å²) in [5, 5.41) is 0. The fraction of sp³-hybridized carbons (Fsp3) is 0.500. The number of amides is 1. The van der Waals surface area contributed by atoms with Gasteiger partial charge in [0.1, 0.15) is 12.4 Å². The van der Waals surface area contributed by atoms with Crippen LogP contribution in [0.5, 0.6) is 0 Å². The lowest BCUT2D eigenvalue weighted by molar-refractivity contribution is -0.136. The van der Waals surface area contributed by atoms with Crippen molar-refractivity contribution in [3.05, 3.63) is 48.2 Å². The first-order valence-electron chi connectivity index (χ1n) is 10.5. The molecule has 0 bridgehead atoms. The second kappa shape index (κ2) is 9.69. The number of carbonyl (C=O) groups is 1. The first-order chi connectivity index (χ1) is 14.3. The number of benzene rings is 1. The third kappa shape index (κ3) is 5.23. The van der Waals surface area contributed by atoms with Gasteiger partial charge in [-0.05, 0) is 30.9 Å². The van der Waals surface area contributed by atoms with E-state index in [0.29, 0.717) is 19.7 Å². The summed E-state index contributed by atoms with van der Waals surface area (Å²) < 4.78 is 5.60. The molecule has 4 rings (SSSR count). The molecule has 3 heterocycles. The van der Waals surface area contributed by atoms with Crippen LogP contribution in [0.1, 0.15) is 24.8 Å². The van der Waals surface area contributed by atoms with Gasteiger partial charge in [0.15, 0.2) is 0 Å². The maximum Gasteiger partial charge on any atom is 0.248 e. The van der Waals surface area contributed by atoms with Gasteiger partial charge in [-0.1, -0.05) is 30.3 Å². The Morgan fingerprint density at radius 2 is 1.66 bits per heavy atom. The molecule has 1 aromatic carbocycles. The van der Waals surface area contributed by atoms with Gasteiger partial charge in [0, 0.05) is 45.5 Å². The minimum atomic E-state index is 0.0530. The van der Waals surface area contributed by atoms with Gasteiger partial charge in [-0.15, -0.1) is 0 Å². The van der Waals surface area contributed by atoms with E-state index in [2.05, 4.69) is 14.8 Å². The molecule has 7 heteroatoms. The molecular weight excluding hydrogens is 366 g/mol. The SMILES string of the molecule is O=C(COCc1ccccc1)N1CCN(c2ccnc(N3CCCCC3)n2)CC1. The fourth-order valence-electron chi connectivity index (χ4n) is 3.87. The molecule has 0 aliphatic carbocycles. The number of hydrogen-bond donors (Lipinski definition) is 0. The highest BCUT2D eigenvalue weighted by atomic mass is 16.5. The van der Waals surface area contributed by atoms with Crippen LogP contribution < -0.4 is 9.80 Å². The van der Waals surface area contributed by atoms with Gasteiger partial charge in [0.2, 0.25) is 11.9 Å². The zero-order valence-electron chi connectivity index (χ0n) is 16.9. The summed E-state index contributed by atoms with van der Waals surface area (Å²) >= 11 is 0. The minimum Gasteiger partial charge on any atom is -0.367 e. The molecule has 0 spiro atoms. The molecule has 1 aromatic heterocycles. The Hall–Kier alpha value is -2.67. The number of hydrogen-bond acceptors (Lipinski definition) is 6. The zero-order chi connectivity index (χ0) is 19.9. The number of ether oxygens (including phenoxy) is 1. The summed E-state index contributed by atoms with van der Waals surface area (Å²) in [6.45, 7) is 5.60. The Bertz CT molecular complexity index is 787. The van der Waals surface area contributed by atoms with Crippen molar-refractivity contribution in [1.29, 1.82) is 0 Å². The highest BCUT2D eigenvalue weighted by Crippen LogP contribution is 2.20. The van der Waals surface area contributed by atoms with Gasteiger partial charge in [0.05, 0.1) is 6.61 Å². The lowest BCUT2D eigenvalue weighted by Gasteiger charge is -2.36. The average molecular weight is 396 g/mol. The number of piperidine rings is 1. The van der Waals surface area contributed by atoms with E-state index in [9.17, 15) is 4.79 Å². The molecular formula is C22H29N5O2. The normalized spacial score (nSPS) is 17.4. The van der Waals surface area contributed by atoms with Gasteiger partial charge in [-0.3, -0.25) is 4.79 Å². The fourth-order valence-corrected chi connectivity index (χ4v) is 3.87. The molecule has 29 heavy (non-hydrogen) atoms. The highest BCUT2D eigenvalue weighted by molar-refractivity contribution is 5.77. The number of nitrogens with zero attached hydrogens (tertiary/aromatic N) is 5. The van der Waals surface area contributed by atoms with Gasteiger partial charge in [-0.25, -0.2) is 4.98 Å². The monoisotopic (exact) mass is 395 g/mol. The molecule has 2 saturated heterocycles. The Labute approximate surface area is 172 Å². The number of piperazine rings is 1. The maximum atomic E-state index is 12.4. The van der Waals surface area contributed by atoms with Crippen LogP contribution >= 0.6 is 0 Å². The highest BCUT2D eigenvalue weighted by Gasteiger charge is 2.23. The quantitative estimate of drug-likeness (QED) is 0.748. The second-order valence-electron chi connectivity index (χ2n) is 7.61. The Kier molecular flexibility index (Phi) is 6.56. The van der Waals surface area contributed by atoms with Gasteiger partial charge in [0.25, 0.3) is 0 Å². The molecule has 2 fully saturated rings. The van der Waals surface area contributed by atoms with E-state index in [1.807, 2.05) is 47.5 Å². The molecule has 154 valence electrons. The van der Waals surface area contributed by atoms with Crippen LogP contribution in [-0.2, 0) is 16.1 Å². The summed E-state index contributed by atoms with van der Waals surface area (Å²) in [7, 11) is 0. The molecule has 2 aliphatic heterocycles. The van der Waals surface area contributed by atoms with Gasteiger partial charge >= 0.3 is 0 Å². The maximum absolute atomic E-state index is 12.4. The van der Waals surface area contributed by atoms with Crippen molar-refractivity contribution in [3.8, 4) is 0 Å². The Balaban J connectivity index is 1.25.